The molecule has 1 fully saturated rings. The summed E-state index contributed by atoms with van der Waals surface area (Å²) in [5.74, 6) is 0.932. The molecule has 1 aromatic heterocycles. The van der Waals surface area contributed by atoms with E-state index < -0.39 is 5.91 Å². The predicted octanol–water partition coefficient (Wildman–Crippen LogP) is 2.97. The van der Waals surface area contributed by atoms with Gasteiger partial charge >= 0.3 is 0 Å². The summed E-state index contributed by atoms with van der Waals surface area (Å²) in [6.45, 7) is 1.86. The average molecular weight is 362 g/mol. The highest BCUT2D eigenvalue weighted by molar-refractivity contribution is 6.32. The minimum Gasteiger partial charge on any atom is -0.495 e. The summed E-state index contributed by atoms with van der Waals surface area (Å²) in [5, 5.41) is 3.59. The van der Waals surface area contributed by atoms with Crippen molar-refractivity contribution in [3.8, 4) is 5.75 Å². The van der Waals surface area contributed by atoms with Crippen molar-refractivity contribution in [2.45, 2.75) is 19.3 Å². The maximum atomic E-state index is 11.7. The molecule has 0 bridgehead atoms. The highest BCUT2D eigenvalue weighted by atomic mass is 35.5. The molecule has 2 heterocycles. The third-order valence-electron chi connectivity index (χ3n) is 4.09. The number of primary amides is 1. The first-order valence-corrected chi connectivity index (χ1v) is 8.48. The molecule has 0 spiro atoms. The Morgan fingerprint density at radius 3 is 2.76 bits per heavy atom. The zero-order chi connectivity index (χ0) is 17.8. The van der Waals surface area contributed by atoms with Gasteiger partial charge in [-0.2, -0.15) is 0 Å². The van der Waals surface area contributed by atoms with E-state index in [1.165, 1.54) is 13.5 Å². The molecule has 8 heteroatoms. The smallest absolute Gasteiger partial charge is 0.271 e. The first-order valence-electron chi connectivity index (χ1n) is 8.11. The lowest BCUT2D eigenvalue weighted by atomic mass is 10.1. The molecule has 1 aliphatic heterocycles. The number of nitrogens with two attached hydrogens (primary N) is 1. The molecule has 3 N–H and O–H groups in total. The lowest BCUT2D eigenvalue weighted by molar-refractivity contribution is 0.0996. The number of nitrogens with one attached hydrogen (secondary N) is 1. The van der Waals surface area contributed by atoms with Crippen molar-refractivity contribution in [3.05, 3.63) is 35.1 Å². The minimum absolute atomic E-state index is 0.0923. The maximum absolute atomic E-state index is 11.7. The molecule has 3 rings (SSSR count). The Balaban J connectivity index is 1.93. The van der Waals surface area contributed by atoms with Crippen LogP contribution in [0.4, 0.5) is 17.3 Å². The highest BCUT2D eigenvalue weighted by Gasteiger charge is 2.18. The second-order valence-electron chi connectivity index (χ2n) is 5.81. The molecule has 1 saturated heterocycles. The zero-order valence-electron chi connectivity index (χ0n) is 14.0. The van der Waals surface area contributed by atoms with E-state index in [9.17, 15) is 4.79 Å². The van der Waals surface area contributed by atoms with E-state index in [0.29, 0.717) is 22.3 Å². The summed E-state index contributed by atoms with van der Waals surface area (Å²) in [7, 11) is 1.54. The molecular formula is C17H20ClN5O2. The van der Waals surface area contributed by atoms with Gasteiger partial charge in [-0.25, -0.2) is 9.97 Å². The number of anilines is 3. The molecule has 1 amide bonds. The Morgan fingerprint density at radius 2 is 2.08 bits per heavy atom. The zero-order valence-corrected chi connectivity index (χ0v) is 14.7. The molecule has 132 valence electrons. The third kappa shape index (κ3) is 3.93. The number of carbonyl (C=O) groups is 1. The van der Waals surface area contributed by atoms with Gasteiger partial charge in [-0.1, -0.05) is 11.6 Å². The average Bonchev–Trinajstić information content (AvgIpc) is 2.63. The van der Waals surface area contributed by atoms with E-state index in [0.717, 1.165) is 31.7 Å². The van der Waals surface area contributed by atoms with Crippen LogP contribution in [0.25, 0.3) is 0 Å². The van der Waals surface area contributed by atoms with E-state index in [4.69, 9.17) is 22.1 Å². The number of halogens is 1. The van der Waals surface area contributed by atoms with Crippen molar-refractivity contribution in [1.29, 1.82) is 0 Å². The van der Waals surface area contributed by atoms with Crippen LogP contribution in [0, 0.1) is 0 Å². The minimum atomic E-state index is -0.638. The molecule has 7 nitrogen and oxygen atoms in total. The standard InChI is InChI=1S/C17H20ClN5O2/c1-25-13-9-11(5-6-12(13)18)21-17-15(16(19)24)20-10-14(22-17)23-7-3-2-4-8-23/h5-6,9-10H,2-4,7-8H2,1H3,(H2,19,24)(H,21,22). The van der Waals surface area contributed by atoms with Gasteiger partial charge in [0.25, 0.3) is 5.91 Å². The molecule has 0 atom stereocenters. The van der Waals surface area contributed by atoms with Gasteiger partial charge in [-0.15, -0.1) is 0 Å². The highest BCUT2D eigenvalue weighted by Crippen LogP contribution is 2.30. The summed E-state index contributed by atoms with van der Waals surface area (Å²) in [4.78, 5) is 22.6. The van der Waals surface area contributed by atoms with Gasteiger partial charge in [0.05, 0.1) is 18.3 Å². The van der Waals surface area contributed by atoms with Gasteiger partial charge in [0.1, 0.15) is 11.6 Å². The van der Waals surface area contributed by atoms with Gasteiger partial charge in [-0.3, -0.25) is 4.79 Å². The molecule has 0 aliphatic carbocycles. The molecule has 1 aliphatic rings. The van der Waals surface area contributed by atoms with Crippen LogP contribution in [0.1, 0.15) is 29.8 Å². The van der Waals surface area contributed by atoms with Crippen LogP contribution >= 0.6 is 11.6 Å². The quantitative estimate of drug-likeness (QED) is 0.850. The summed E-state index contributed by atoms with van der Waals surface area (Å²) >= 11 is 6.05. The molecule has 0 unspecified atom stereocenters. The van der Waals surface area contributed by atoms with Crippen LogP contribution in [-0.2, 0) is 0 Å². The van der Waals surface area contributed by atoms with Crippen LogP contribution in [0.5, 0.6) is 5.75 Å². The Hall–Kier alpha value is -2.54. The summed E-state index contributed by atoms with van der Waals surface area (Å²) in [5.41, 5.74) is 6.20. The second-order valence-corrected chi connectivity index (χ2v) is 6.22. The van der Waals surface area contributed by atoms with E-state index in [1.807, 2.05) is 0 Å². The molecule has 0 saturated carbocycles. The van der Waals surface area contributed by atoms with Crippen LogP contribution in [0.15, 0.2) is 24.4 Å². The first-order chi connectivity index (χ1) is 12.1. The van der Waals surface area contributed by atoms with Crippen molar-refractivity contribution in [1.82, 2.24) is 9.97 Å². The van der Waals surface area contributed by atoms with E-state index >= 15 is 0 Å². The largest absolute Gasteiger partial charge is 0.495 e. The van der Waals surface area contributed by atoms with Crippen molar-refractivity contribution in [2.75, 3.05) is 30.4 Å². The second kappa shape index (κ2) is 7.57. The number of amides is 1. The fourth-order valence-electron chi connectivity index (χ4n) is 2.80. The first kappa shape index (κ1) is 17.3. The van der Waals surface area contributed by atoms with Crippen LogP contribution in [-0.4, -0.2) is 36.1 Å². The van der Waals surface area contributed by atoms with Crippen LogP contribution in [0.3, 0.4) is 0 Å². The monoisotopic (exact) mass is 361 g/mol. The maximum Gasteiger partial charge on any atom is 0.271 e. The normalized spacial score (nSPS) is 14.2. The number of hydrogen-bond donors (Lipinski definition) is 2. The number of ether oxygens (including phenoxy) is 1. The van der Waals surface area contributed by atoms with E-state index in [2.05, 4.69) is 20.2 Å². The number of rotatable bonds is 5. The fraction of sp³-hybridized carbons (Fsp3) is 0.353. The van der Waals surface area contributed by atoms with Crippen LogP contribution < -0.4 is 20.7 Å². The molecule has 1 aromatic carbocycles. The molecule has 2 aromatic rings. The van der Waals surface area contributed by atoms with Gasteiger partial charge in [0, 0.05) is 24.8 Å². The Labute approximate surface area is 151 Å². The van der Waals surface area contributed by atoms with Gasteiger partial charge in [0.15, 0.2) is 11.5 Å². The molecule has 0 radical (unpaired) electrons. The molecule has 25 heavy (non-hydrogen) atoms. The van der Waals surface area contributed by atoms with Crippen molar-refractivity contribution < 1.29 is 9.53 Å². The Kier molecular flexibility index (Phi) is 5.23. The Bertz CT molecular complexity index is 778. The summed E-state index contributed by atoms with van der Waals surface area (Å²) in [6.07, 6.45) is 5.06. The van der Waals surface area contributed by atoms with Crippen molar-refractivity contribution in [3.63, 3.8) is 0 Å². The van der Waals surface area contributed by atoms with Crippen molar-refractivity contribution in [2.24, 2.45) is 5.73 Å². The fourth-order valence-corrected chi connectivity index (χ4v) is 2.99. The summed E-state index contributed by atoms with van der Waals surface area (Å²) in [6, 6.07) is 5.20. The van der Waals surface area contributed by atoms with Crippen LogP contribution in [0.2, 0.25) is 5.02 Å². The number of carbonyl (C=O) groups excluding carboxylic acids is 1. The number of aromatic nitrogens is 2. The summed E-state index contributed by atoms with van der Waals surface area (Å²) < 4.78 is 5.21. The lowest BCUT2D eigenvalue weighted by Gasteiger charge is -2.27. The number of methoxy groups -OCH3 is 1. The molecular weight excluding hydrogens is 342 g/mol. The van der Waals surface area contributed by atoms with Gasteiger partial charge in [-0.05, 0) is 31.4 Å². The van der Waals surface area contributed by atoms with Gasteiger partial charge < -0.3 is 20.7 Å². The lowest BCUT2D eigenvalue weighted by Crippen LogP contribution is -2.31. The SMILES string of the molecule is COc1cc(Nc2nc(N3CCCCC3)cnc2C(N)=O)ccc1Cl. The number of piperidine rings is 1. The Morgan fingerprint density at radius 1 is 1.32 bits per heavy atom. The number of hydrogen-bond acceptors (Lipinski definition) is 6. The van der Waals surface area contributed by atoms with Crippen molar-refractivity contribution >= 4 is 34.8 Å². The topological polar surface area (TPSA) is 93.4 Å². The van der Waals surface area contributed by atoms with Gasteiger partial charge in [0.2, 0.25) is 0 Å². The third-order valence-corrected chi connectivity index (χ3v) is 4.40. The van der Waals surface area contributed by atoms with E-state index in [-0.39, 0.29) is 5.69 Å². The number of benzene rings is 1. The predicted molar refractivity (Wildman–Crippen MR) is 97.9 cm³/mol. The van der Waals surface area contributed by atoms with E-state index in [1.54, 1.807) is 24.4 Å². The number of nitrogens with zero attached hydrogens (tertiary/aromatic N) is 3.